The van der Waals surface area contributed by atoms with Gasteiger partial charge in [-0.2, -0.15) is 0 Å². The third kappa shape index (κ3) is 7.37. The van der Waals surface area contributed by atoms with E-state index in [1.807, 2.05) is 25.7 Å². The number of rotatable bonds is 6. The topological polar surface area (TPSA) is 29.5 Å². The molecule has 0 aromatic heterocycles. The van der Waals surface area contributed by atoms with Gasteiger partial charge < -0.3 is 9.64 Å². The Bertz CT molecular complexity index is 179. The monoisotopic (exact) mass is 215 g/mol. The molecule has 0 atom stereocenters. The molecule has 3 nitrogen and oxygen atoms in total. The van der Waals surface area contributed by atoms with Gasteiger partial charge in [0.25, 0.3) is 0 Å². The van der Waals surface area contributed by atoms with Crippen LogP contribution in [0.15, 0.2) is 0 Å². The minimum atomic E-state index is -0.236. The summed E-state index contributed by atoms with van der Waals surface area (Å²) in [5.41, 5.74) is -0.236. The first-order valence-electron chi connectivity index (χ1n) is 5.82. The number of hydrogen-bond donors (Lipinski definition) is 0. The van der Waals surface area contributed by atoms with Crippen molar-refractivity contribution in [2.75, 3.05) is 19.7 Å². The quantitative estimate of drug-likeness (QED) is 0.681. The van der Waals surface area contributed by atoms with Crippen molar-refractivity contribution in [3.8, 4) is 0 Å². The van der Waals surface area contributed by atoms with E-state index in [1.54, 1.807) is 0 Å². The predicted octanol–water partition coefficient (Wildman–Crippen LogP) is 2.45. The summed E-state index contributed by atoms with van der Waals surface area (Å²) in [5, 5.41) is 0. The highest BCUT2D eigenvalue weighted by molar-refractivity contribution is 5.77. The summed E-state index contributed by atoms with van der Waals surface area (Å²) in [6.45, 7) is 11.9. The van der Waals surface area contributed by atoms with E-state index in [0.29, 0.717) is 0 Å². The van der Waals surface area contributed by atoms with Crippen LogP contribution in [0.2, 0.25) is 0 Å². The molecule has 3 heteroatoms. The molecule has 0 aliphatic rings. The first kappa shape index (κ1) is 14.4. The summed E-state index contributed by atoms with van der Waals surface area (Å²) in [4.78, 5) is 13.7. The highest BCUT2D eigenvalue weighted by atomic mass is 16.5. The van der Waals surface area contributed by atoms with Crippen molar-refractivity contribution >= 4 is 5.91 Å². The second kappa shape index (κ2) is 6.83. The van der Waals surface area contributed by atoms with Crippen LogP contribution in [0, 0.1) is 0 Å². The number of carbonyl (C=O) groups is 1. The molecular weight excluding hydrogens is 190 g/mol. The van der Waals surface area contributed by atoms with Crippen LogP contribution in [0.1, 0.15) is 47.5 Å². The maximum atomic E-state index is 11.8. The van der Waals surface area contributed by atoms with E-state index in [1.165, 1.54) is 0 Å². The van der Waals surface area contributed by atoms with E-state index in [0.717, 1.165) is 25.9 Å². The third-order valence-electron chi connectivity index (χ3n) is 1.97. The molecule has 0 unspecified atom stereocenters. The smallest absolute Gasteiger partial charge is 0.248 e. The minimum Gasteiger partial charge on any atom is -0.366 e. The van der Waals surface area contributed by atoms with Crippen molar-refractivity contribution in [2.24, 2.45) is 0 Å². The second-order valence-electron chi connectivity index (χ2n) is 4.78. The first-order valence-corrected chi connectivity index (χ1v) is 5.82. The van der Waals surface area contributed by atoms with Crippen molar-refractivity contribution in [3.63, 3.8) is 0 Å². The van der Waals surface area contributed by atoms with Gasteiger partial charge in [-0.25, -0.2) is 0 Å². The average molecular weight is 215 g/mol. The molecule has 0 heterocycles. The van der Waals surface area contributed by atoms with E-state index in [2.05, 4.69) is 13.8 Å². The third-order valence-corrected chi connectivity index (χ3v) is 1.97. The number of amides is 1. The van der Waals surface area contributed by atoms with Crippen molar-refractivity contribution in [1.29, 1.82) is 0 Å². The van der Waals surface area contributed by atoms with Crippen LogP contribution >= 0.6 is 0 Å². The van der Waals surface area contributed by atoms with E-state index in [9.17, 15) is 4.79 Å². The van der Waals surface area contributed by atoms with Crippen LogP contribution in [0.25, 0.3) is 0 Å². The summed E-state index contributed by atoms with van der Waals surface area (Å²) in [6, 6.07) is 0. The van der Waals surface area contributed by atoms with Gasteiger partial charge in [0.1, 0.15) is 6.61 Å². The van der Waals surface area contributed by atoms with E-state index in [4.69, 9.17) is 4.74 Å². The fraction of sp³-hybridized carbons (Fsp3) is 0.917. The number of hydrogen-bond acceptors (Lipinski definition) is 2. The maximum Gasteiger partial charge on any atom is 0.248 e. The Balaban J connectivity index is 4.02. The van der Waals surface area contributed by atoms with Gasteiger partial charge in [0, 0.05) is 13.1 Å². The predicted molar refractivity (Wildman–Crippen MR) is 62.9 cm³/mol. The van der Waals surface area contributed by atoms with Gasteiger partial charge in [-0.3, -0.25) is 4.79 Å². The fourth-order valence-electron chi connectivity index (χ4n) is 1.27. The molecule has 90 valence electrons. The van der Waals surface area contributed by atoms with Gasteiger partial charge in [0.2, 0.25) is 5.91 Å². The molecule has 0 radical (unpaired) electrons. The van der Waals surface area contributed by atoms with Gasteiger partial charge in [-0.05, 0) is 33.6 Å². The minimum absolute atomic E-state index is 0.105. The molecule has 0 saturated carbocycles. The molecule has 0 spiro atoms. The van der Waals surface area contributed by atoms with Crippen LogP contribution in [-0.2, 0) is 9.53 Å². The van der Waals surface area contributed by atoms with E-state index in [-0.39, 0.29) is 18.1 Å². The molecule has 0 aromatic rings. The fourth-order valence-corrected chi connectivity index (χ4v) is 1.27. The Morgan fingerprint density at radius 2 is 1.60 bits per heavy atom. The zero-order valence-corrected chi connectivity index (χ0v) is 10.8. The van der Waals surface area contributed by atoms with Crippen LogP contribution < -0.4 is 0 Å². The zero-order chi connectivity index (χ0) is 11.9. The SMILES string of the molecule is CCCN(CCC)C(=O)COC(C)(C)C. The molecule has 0 rings (SSSR count). The molecule has 0 fully saturated rings. The number of ether oxygens (including phenoxy) is 1. The van der Waals surface area contributed by atoms with Crippen LogP contribution in [0.5, 0.6) is 0 Å². The lowest BCUT2D eigenvalue weighted by atomic mass is 10.2. The van der Waals surface area contributed by atoms with Crippen molar-refractivity contribution < 1.29 is 9.53 Å². The summed E-state index contributed by atoms with van der Waals surface area (Å²) in [6.07, 6.45) is 2.00. The Kier molecular flexibility index (Phi) is 6.57. The molecule has 0 saturated heterocycles. The summed E-state index contributed by atoms with van der Waals surface area (Å²) < 4.78 is 5.47. The Morgan fingerprint density at radius 3 is 1.93 bits per heavy atom. The zero-order valence-electron chi connectivity index (χ0n) is 10.8. The van der Waals surface area contributed by atoms with Crippen molar-refractivity contribution in [2.45, 2.75) is 53.1 Å². The molecule has 0 aliphatic carbocycles. The van der Waals surface area contributed by atoms with Crippen LogP contribution in [-0.4, -0.2) is 36.1 Å². The van der Waals surface area contributed by atoms with Crippen molar-refractivity contribution in [1.82, 2.24) is 4.90 Å². The van der Waals surface area contributed by atoms with Gasteiger partial charge in [-0.1, -0.05) is 13.8 Å². The number of carbonyl (C=O) groups excluding carboxylic acids is 1. The Labute approximate surface area is 93.8 Å². The molecule has 0 aliphatic heterocycles. The van der Waals surface area contributed by atoms with Gasteiger partial charge in [0.05, 0.1) is 5.60 Å². The second-order valence-corrected chi connectivity index (χ2v) is 4.78. The summed E-state index contributed by atoms with van der Waals surface area (Å²) in [7, 11) is 0. The standard InChI is InChI=1S/C12H25NO2/c1-6-8-13(9-7-2)11(14)10-15-12(3,4)5/h6-10H2,1-5H3. The van der Waals surface area contributed by atoms with E-state index < -0.39 is 0 Å². The molecule has 0 N–H and O–H groups in total. The average Bonchev–Trinajstić information content (AvgIpc) is 2.13. The Morgan fingerprint density at radius 1 is 1.13 bits per heavy atom. The maximum absolute atomic E-state index is 11.8. The Hall–Kier alpha value is -0.570. The normalized spacial score (nSPS) is 11.5. The molecule has 15 heavy (non-hydrogen) atoms. The van der Waals surface area contributed by atoms with Crippen LogP contribution in [0.3, 0.4) is 0 Å². The lowest BCUT2D eigenvalue weighted by molar-refractivity contribution is -0.141. The van der Waals surface area contributed by atoms with Crippen LogP contribution in [0.4, 0.5) is 0 Å². The van der Waals surface area contributed by atoms with Gasteiger partial charge in [-0.15, -0.1) is 0 Å². The van der Waals surface area contributed by atoms with Gasteiger partial charge >= 0.3 is 0 Å². The molecule has 0 bridgehead atoms. The molecule has 0 aromatic carbocycles. The summed E-state index contributed by atoms with van der Waals surface area (Å²) in [5.74, 6) is 0.105. The van der Waals surface area contributed by atoms with Crippen molar-refractivity contribution in [3.05, 3.63) is 0 Å². The number of nitrogens with zero attached hydrogens (tertiary/aromatic N) is 1. The molecule has 1 amide bonds. The highest BCUT2D eigenvalue weighted by Crippen LogP contribution is 2.07. The summed E-state index contributed by atoms with van der Waals surface area (Å²) >= 11 is 0. The van der Waals surface area contributed by atoms with Gasteiger partial charge in [0.15, 0.2) is 0 Å². The molecular formula is C12H25NO2. The highest BCUT2D eigenvalue weighted by Gasteiger charge is 2.16. The first-order chi connectivity index (χ1) is 6.90. The van der Waals surface area contributed by atoms with E-state index >= 15 is 0 Å². The largest absolute Gasteiger partial charge is 0.366 e. The lowest BCUT2D eigenvalue weighted by Gasteiger charge is -2.24. The lowest BCUT2D eigenvalue weighted by Crippen LogP contribution is -2.37.